The number of pyridine rings is 2. The average Bonchev–Trinajstić information content (AvgIpc) is 2.93. The van der Waals surface area contributed by atoms with Gasteiger partial charge in [-0.05, 0) is 61.7 Å². The van der Waals surface area contributed by atoms with Gasteiger partial charge in [-0.15, -0.1) is 0 Å². The third-order valence-corrected chi connectivity index (χ3v) is 3.55. The molecule has 0 saturated carbocycles. The van der Waals surface area contributed by atoms with Crippen molar-refractivity contribution in [2.45, 2.75) is 20.8 Å². The molecule has 0 atom stereocenters. The van der Waals surface area contributed by atoms with Gasteiger partial charge in [-0.2, -0.15) is 5.10 Å². The highest BCUT2D eigenvalue weighted by atomic mass is 15.3. The van der Waals surface area contributed by atoms with E-state index in [1.165, 1.54) is 11.1 Å². The van der Waals surface area contributed by atoms with Crippen molar-refractivity contribution in [1.82, 2.24) is 19.6 Å². The van der Waals surface area contributed by atoms with E-state index in [1.54, 1.807) is 10.8 Å². The van der Waals surface area contributed by atoms with Gasteiger partial charge in [-0.1, -0.05) is 6.07 Å². The van der Waals surface area contributed by atoms with Crippen LogP contribution in [0, 0.1) is 6.92 Å². The molecule has 0 aromatic carbocycles. The molecule has 0 saturated heterocycles. The molecule has 0 amide bonds. The summed E-state index contributed by atoms with van der Waals surface area (Å²) in [5, 5.41) is 4.11. The molecule has 0 aliphatic carbocycles. The van der Waals surface area contributed by atoms with Crippen LogP contribution >= 0.6 is 0 Å². The Balaban J connectivity index is 2.09. The predicted molar refractivity (Wildman–Crippen MR) is 80.1 cm³/mol. The van der Waals surface area contributed by atoms with Crippen molar-refractivity contribution in [2.24, 2.45) is 0 Å². The van der Waals surface area contributed by atoms with Gasteiger partial charge in [-0.25, -0.2) is 9.50 Å². The first-order valence-electron chi connectivity index (χ1n) is 6.56. The minimum Gasteiger partial charge on any atom is -0.253 e. The minimum absolute atomic E-state index is 0.854. The summed E-state index contributed by atoms with van der Waals surface area (Å²) >= 11 is 0. The fourth-order valence-electron chi connectivity index (χ4n) is 2.21. The standard InChI is InChI=1S/C16H16N4/c1-11-5-4-6-15(19-11)13(3)12(2)14-7-8-20-16(9-14)17-10-18-20/h4-10H,1-3H3/b13-12-. The summed E-state index contributed by atoms with van der Waals surface area (Å²) in [6.07, 6.45) is 3.49. The normalized spacial score (nSPS) is 12.6. The summed E-state index contributed by atoms with van der Waals surface area (Å²) in [7, 11) is 0. The fraction of sp³-hybridized carbons (Fsp3) is 0.188. The maximum Gasteiger partial charge on any atom is 0.155 e. The molecule has 20 heavy (non-hydrogen) atoms. The number of rotatable bonds is 2. The molecule has 0 aliphatic rings. The topological polar surface area (TPSA) is 43.1 Å². The van der Waals surface area contributed by atoms with E-state index in [2.05, 4.69) is 35.0 Å². The lowest BCUT2D eigenvalue weighted by Gasteiger charge is -2.08. The number of aromatic nitrogens is 4. The van der Waals surface area contributed by atoms with Gasteiger partial charge in [0.25, 0.3) is 0 Å². The maximum absolute atomic E-state index is 4.58. The van der Waals surface area contributed by atoms with Crippen LogP contribution in [0.1, 0.15) is 30.8 Å². The van der Waals surface area contributed by atoms with Crippen LogP contribution < -0.4 is 0 Å². The van der Waals surface area contributed by atoms with Crippen molar-refractivity contribution in [1.29, 1.82) is 0 Å². The first kappa shape index (κ1) is 12.5. The molecule has 0 fully saturated rings. The Morgan fingerprint density at radius 3 is 2.75 bits per heavy atom. The van der Waals surface area contributed by atoms with Gasteiger partial charge < -0.3 is 0 Å². The highest BCUT2D eigenvalue weighted by Gasteiger charge is 2.06. The quantitative estimate of drug-likeness (QED) is 0.712. The molecular formula is C16H16N4. The Bertz CT molecular complexity index is 799. The number of nitrogens with zero attached hydrogens (tertiary/aromatic N) is 4. The van der Waals surface area contributed by atoms with Gasteiger partial charge in [0.05, 0.1) is 5.69 Å². The Kier molecular flexibility index (Phi) is 3.06. The summed E-state index contributed by atoms with van der Waals surface area (Å²) in [6, 6.07) is 10.2. The largest absolute Gasteiger partial charge is 0.253 e. The Morgan fingerprint density at radius 1 is 1.10 bits per heavy atom. The molecule has 3 heterocycles. The molecule has 3 aromatic rings. The molecule has 4 heteroatoms. The third-order valence-electron chi connectivity index (χ3n) is 3.55. The van der Waals surface area contributed by atoms with Gasteiger partial charge in [-0.3, -0.25) is 4.98 Å². The van der Waals surface area contributed by atoms with E-state index in [-0.39, 0.29) is 0 Å². The molecule has 0 unspecified atom stereocenters. The molecule has 100 valence electrons. The summed E-state index contributed by atoms with van der Waals surface area (Å²) in [5.41, 5.74) is 6.43. The number of fused-ring (bicyclic) bond motifs is 1. The lowest BCUT2D eigenvalue weighted by molar-refractivity contribution is 0.960. The minimum atomic E-state index is 0.854. The zero-order valence-electron chi connectivity index (χ0n) is 11.8. The van der Waals surface area contributed by atoms with Crippen LogP contribution in [0.25, 0.3) is 16.8 Å². The lowest BCUT2D eigenvalue weighted by Crippen LogP contribution is -1.93. The molecule has 3 rings (SSSR count). The van der Waals surface area contributed by atoms with Crippen LogP contribution in [-0.4, -0.2) is 19.6 Å². The second-order valence-corrected chi connectivity index (χ2v) is 4.89. The number of aryl methyl sites for hydroxylation is 1. The molecule has 0 spiro atoms. The van der Waals surface area contributed by atoms with Crippen molar-refractivity contribution in [3.8, 4) is 0 Å². The first-order chi connectivity index (χ1) is 9.65. The Labute approximate surface area is 117 Å². The molecular weight excluding hydrogens is 248 g/mol. The fourth-order valence-corrected chi connectivity index (χ4v) is 2.21. The highest BCUT2D eigenvalue weighted by Crippen LogP contribution is 2.25. The average molecular weight is 264 g/mol. The van der Waals surface area contributed by atoms with Gasteiger partial charge in [0.2, 0.25) is 0 Å². The molecule has 0 radical (unpaired) electrons. The maximum atomic E-state index is 4.58. The highest BCUT2D eigenvalue weighted by molar-refractivity contribution is 5.88. The van der Waals surface area contributed by atoms with E-state index in [0.29, 0.717) is 0 Å². The monoisotopic (exact) mass is 264 g/mol. The van der Waals surface area contributed by atoms with Gasteiger partial charge >= 0.3 is 0 Å². The Hall–Kier alpha value is -2.49. The van der Waals surface area contributed by atoms with Crippen molar-refractivity contribution in [3.63, 3.8) is 0 Å². The first-order valence-corrected chi connectivity index (χ1v) is 6.56. The van der Waals surface area contributed by atoms with Crippen LogP contribution in [0.2, 0.25) is 0 Å². The molecule has 0 N–H and O–H groups in total. The van der Waals surface area contributed by atoms with Crippen LogP contribution in [0.5, 0.6) is 0 Å². The SMILES string of the molecule is C/C(=C(\C)c1cccc(C)n1)c1ccn2ncnc2c1. The van der Waals surface area contributed by atoms with Crippen molar-refractivity contribution >= 4 is 16.8 Å². The van der Waals surface area contributed by atoms with Crippen molar-refractivity contribution < 1.29 is 0 Å². The van der Waals surface area contributed by atoms with E-state index >= 15 is 0 Å². The van der Waals surface area contributed by atoms with Crippen LogP contribution in [0.15, 0.2) is 42.9 Å². The number of hydrogen-bond donors (Lipinski definition) is 0. The molecule has 3 aromatic heterocycles. The summed E-state index contributed by atoms with van der Waals surface area (Å²) < 4.78 is 1.76. The second kappa shape index (κ2) is 4.89. The van der Waals surface area contributed by atoms with Gasteiger partial charge in [0.15, 0.2) is 5.65 Å². The Morgan fingerprint density at radius 2 is 1.95 bits per heavy atom. The van der Waals surface area contributed by atoms with Crippen LogP contribution in [-0.2, 0) is 0 Å². The number of allylic oxidation sites excluding steroid dienone is 2. The summed E-state index contributed by atoms with van der Waals surface area (Å²) in [6.45, 7) is 6.22. The zero-order chi connectivity index (χ0) is 14.1. The molecule has 4 nitrogen and oxygen atoms in total. The predicted octanol–water partition coefficient (Wildman–Crippen LogP) is 3.38. The smallest absolute Gasteiger partial charge is 0.155 e. The summed E-state index contributed by atoms with van der Waals surface area (Å²) in [5.74, 6) is 0. The van der Waals surface area contributed by atoms with Crippen LogP contribution in [0.3, 0.4) is 0 Å². The molecule has 0 bridgehead atoms. The van der Waals surface area contributed by atoms with E-state index < -0.39 is 0 Å². The van der Waals surface area contributed by atoms with E-state index in [0.717, 1.165) is 22.6 Å². The van der Waals surface area contributed by atoms with E-state index in [9.17, 15) is 0 Å². The molecule has 0 aliphatic heterocycles. The third kappa shape index (κ3) is 2.20. The van der Waals surface area contributed by atoms with Gasteiger partial charge in [0.1, 0.15) is 6.33 Å². The zero-order valence-corrected chi connectivity index (χ0v) is 11.8. The van der Waals surface area contributed by atoms with Crippen LogP contribution in [0.4, 0.5) is 0 Å². The van der Waals surface area contributed by atoms with Gasteiger partial charge in [0, 0.05) is 11.9 Å². The lowest BCUT2D eigenvalue weighted by atomic mass is 10.0. The van der Waals surface area contributed by atoms with Crippen molar-refractivity contribution in [3.05, 3.63) is 59.8 Å². The summed E-state index contributed by atoms with van der Waals surface area (Å²) in [4.78, 5) is 8.80. The van der Waals surface area contributed by atoms with Crippen molar-refractivity contribution in [2.75, 3.05) is 0 Å². The van der Waals surface area contributed by atoms with E-state index in [1.807, 2.05) is 37.4 Å². The second-order valence-electron chi connectivity index (χ2n) is 4.89. The van der Waals surface area contributed by atoms with E-state index in [4.69, 9.17) is 0 Å². The number of hydrogen-bond acceptors (Lipinski definition) is 3.